The van der Waals surface area contributed by atoms with Gasteiger partial charge in [0.15, 0.2) is 23.2 Å². The van der Waals surface area contributed by atoms with Gasteiger partial charge in [-0.25, -0.2) is 4.98 Å². The lowest BCUT2D eigenvalue weighted by Gasteiger charge is -2.08. The smallest absolute Gasteiger partial charge is 0.250 e. The van der Waals surface area contributed by atoms with E-state index in [-0.39, 0.29) is 12.5 Å². The zero-order valence-corrected chi connectivity index (χ0v) is 19.0. The van der Waals surface area contributed by atoms with Crippen LogP contribution < -0.4 is 14.8 Å². The van der Waals surface area contributed by atoms with Crippen molar-refractivity contribution in [1.82, 2.24) is 9.55 Å². The van der Waals surface area contributed by atoms with E-state index in [2.05, 4.69) is 41.4 Å². The third kappa shape index (κ3) is 5.25. The van der Waals surface area contributed by atoms with Gasteiger partial charge in [0, 0.05) is 35.0 Å². The summed E-state index contributed by atoms with van der Waals surface area (Å²) in [7, 11) is 1.52. The van der Waals surface area contributed by atoms with Crippen molar-refractivity contribution in [3.05, 3.63) is 65.3 Å². The van der Waals surface area contributed by atoms with Crippen LogP contribution in [0.25, 0.3) is 17.3 Å². The maximum Gasteiger partial charge on any atom is 0.250 e. The van der Waals surface area contributed by atoms with Crippen LogP contribution in [0.1, 0.15) is 17.0 Å². The number of nitrogens with zero attached hydrogens (tertiary/aromatic N) is 3. The highest BCUT2D eigenvalue weighted by molar-refractivity contribution is 7.14. The van der Waals surface area contributed by atoms with Crippen LogP contribution in [0.3, 0.4) is 0 Å². The molecule has 0 spiro atoms. The van der Waals surface area contributed by atoms with E-state index in [0.717, 1.165) is 34.8 Å². The molecule has 0 radical (unpaired) electrons. The minimum Gasteiger partial charge on any atom is -0.493 e. The largest absolute Gasteiger partial charge is 0.493 e. The summed E-state index contributed by atoms with van der Waals surface area (Å²) >= 11 is 1.38. The lowest BCUT2D eigenvalue weighted by molar-refractivity contribution is -0.111. The monoisotopic (exact) mass is 448 g/mol. The molecule has 0 aliphatic rings. The zero-order chi connectivity index (χ0) is 23.1. The fraction of sp³-hybridized carbons (Fsp3) is 0.208. The van der Waals surface area contributed by atoms with E-state index >= 15 is 0 Å². The second kappa shape index (κ2) is 10.5. The molecule has 1 aromatic carbocycles. The lowest BCUT2D eigenvalue weighted by Crippen LogP contribution is -2.07. The van der Waals surface area contributed by atoms with Gasteiger partial charge in [-0.2, -0.15) is 5.26 Å². The highest BCUT2D eigenvalue weighted by atomic mass is 32.1. The molecule has 0 saturated heterocycles. The predicted molar refractivity (Wildman–Crippen MR) is 127 cm³/mol. The Balaban J connectivity index is 1.68. The van der Waals surface area contributed by atoms with Gasteiger partial charge in [0.1, 0.15) is 6.07 Å². The molecule has 3 rings (SSSR count). The summed E-state index contributed by atoms with van der Waals surface area (Å²) in [5.41, 5.74) is 4.88. The summed E-state index contributed by atoms with van der Waals surface area (Å²) in [6.07, 6.45) is 4.97. The van der Waals surface area contributed by atoms with Crippen molar-refractivity contribution < 1.29 is 14.3 Å². The molecule has 3 aromatic rings. The van der Waals surface area contributed by atoms with Gasteiger partial charge in [0.2, 0.25) is 5.91 Å². The van der Waals surface area contributed by atoms with E-state index in [1.165, 1.54) is 24.5 Å². The molecular formula is C24H24N4O3S. The average molecular weight is 449 g/mol. The van der Waals surface area contributed by atoms with E-state index < -0.39 is 0 Å². The normalized spacial score (nSPS) is 10.7. The standard InChI is InChI=1S/C24H24N4O3S/c1-5-11-28-16(2)13-19(17(28)3)20-15-32-24(26-20)27-23(29)9-7-18-6-8-21(31-12-10-25)22(14-18)30-4/h5-9,13-15H,1,11-12H2,2-4H3,(H,26,27,29)/b9-7+. The number of hydrogen-bond acceptors (Lipinski definition) is 6. The Morgan fingerprint density at radius 2 is 2.16 bits per heavy atom. The Bertz CT molecular complexity index is 1200. The Kier molecular flexibility index (Phi) is 7.47. The van der Waals surface area contributed by atoms with Gasteiger partial charge in [-0.15, -0.1) is 17.9 Å². The number of rotatable bonds is 9. The minimum atomic E-state index is -0.285. The Morgan fingerprint density at radius 1 is 1.34 bits per heavy atom. The van der Waals surface area contributed by atoms with Gasteiger partial charge < -0.3 is 14.0 Å². The van der Waals surface area contributed by atoms with E-state index in [4.69, 9.17) is 14.7 Å². The van der Waals surface area contributed by atoms with E-state index in [1.54, 1.807) is 24.3 Å². The van der Waals surface area contributed by atoms with Gasteiger partial charge in [-0.3, -0.25) is 10.1 Å². The highest BCUT2D eigenvalue weighted by Crippen LogP contribution is 2.30. The fourth-order valence-corrected chi connectivity index (χ4v) is 3.97. The number of hydrogen-bond donors (Lipinski definition) is 1. The van der Waals surface area contributed by atoms with Gasteiger partial charge in [-0.05, 0) is 43.7 Å². The molecule has 2 aromatic heterocycles. The van der Waals surface area contributed by atoms with Crippen LogP contribution in [-0.4, -0.2) is 29.2 Å². The Labute approximate surface area is 191 Å². The number of ether oxygens (including phenoxy) is 2. The third-order valence-electron chi connectivity index (χ3n) is 4.80. The highest BCUT2D eigenvalue weighted by Gasteiger charge is 2.14. The molecule has 0 aliphatic heterocycles. The van der Waals surface area contributed by atoms with Gasteiger partial charge in [0.25, 0.3) is 0 Å². The molecular weight excluding hydrogens is 424 g/mol. The van der Waals surface area contributed by atoms with E-state index in [9.17, 15) is 4.79 Å². The molecule has 0 fully saturated rings. The molecule has 164 valence electrons. The number of amides is 1. The van der Waals surface area contributed by atoms with Crippen molar-refractivity contribution in [3.63, 3.8) is 0 Å². The maximum atomic E-state index is 12.4. The number of methoxy groups -OCH3 is 1. The van der Waals surface area contributed by atoms with Crippen LogP contribution in [-0.2, 0) is 11.3 Å². The number of benzene rings is 1. The Hall–Kier alpha value is -3.83. The van der Waals surface area contributed by atoms with Crippen LogP contribution >= 0.6 is 11.3 Å². The first-order chi connectivity index (χ1) is 15.5. The summed E-state index contributed by atoms with van der Waals surface area (Å²) in [6.45, 7) is 8.59. The quantitative estimate of drug-likeness (QED) is 0.368. The van der Waals surface area contributed by atoms with Crippen molar-refractivity contribution in [2.24, 2.45) is 0 Å². The van der Waals surface area contributed by atoms with Crippen molar-refractivity contribution in [3.8, 4) is 28.8 Å². The molecule has 1 N–H and O–H groups in total. The van der Waals surface area contributed by atoms with Crippen LogP contribution in [0.15, 0.2) is 48.4 Å². The maximum absolute atomic E-state index is 12.4. The number of anilines is 1. The number of nitriles is 1. The molecule has 32 heavy (non-hydrogen) atoms. The summed E-state index contributed by atoms with van der Waals surface area (Å²) in [5, 5.41) is 13.9. The van der Waals surface area contributed by atoms with Gasteiger partial charge in [-0.1, -0.05) is 12.1 Å². The molecule has 0 saturated carbocycles. The molecule has 1 amide bonds. The summed E-state index contributed by atoms with van der Waals surface area (Å²) in [4.78, 5) is 16.9. The molecule has 0 atom stereocenters. The first kappa shape index (κ1) is 22.8. The van der Waals surface area contributed by atoms with Crippen LogP contribution in [0.2, 0.25) is 0 Å². The van der Waals surface area contributed by atoms with Gasteiger partial charge in [0.05, 0.1) is 12.8 Å². The van der Waals surface area contributed by atoms with Gasteiger partial charge >= 0.3 is 0 Å². The zero-order valence-electron chi connectivity index (χ0n) is 18.2. The van der Waals surface area contributed by atoms with Crippen LogP contribution in [0, 0.1) is 25.2 Å². The van der Waals surface area contributed by atoms with Crippen LogP contribution in [0.4, 0.5) is 5.13 Å². The SMILES string of the molecule is C=CCn1c(C)cc(-c2csc(NC(=O)/C=C/c3ccc(OCC#N)c(OC)c3)n2)c1C. The Morgan fingerprint density at radius 3 is 2.88 bits per heavy atom. The van der Waals surface area contributed by atoms with Crippen molar-refractivity contribution in [1.29, 1.82) is 5.26 Å². The molecule has 2 heterocycles. The molecule has 0 unspecified atom stereocenters. The van der Waals surface area contributed by atoms with E-state index in [0.29, 0.717) is 16.6 Å². The summed E-state index contributed by atoms with van der Waals surface area (Å²) in [5.74, 6) is 0.673. The second-order valence-corrected chi connectivity index (χ2v) is 7.76. The number of thiazole rings is 1. The number of nitrogens with one attached hydrogen (secondary N) is 1. The first-order valence-electron chi connectivity index (χ1n) is 9.87. The summed E-state index contributed by atoms with van der Waals surface area (Å²) in [6, 6.07) is 9.22. The minimum absolute atomic E-state index is 0.0676. The van der Waals surface area contributed by atoms with Crippen LogP contribution in [0.5, 0.6) is 11.5 Å². The predicted octanol–water partition coefficient (Wildman–Crippen LogP) is 4.98. The molecule has 7 nitrogen and oxygen atoms in total. The number of aromatic nitrogens is 2. The fourth-order valence-electron chi connectivity index (χ4n) is 3.26. The lowest BCUT2D eigenvalue weighted by atomic mass is 10.2. The number of aryl methyl sites for hydroxylation is 1. The average Bonchev–Trinajstić information content (AvgIpc) is 3.36. The van der Waals surface area contributed by atoms with E-state index in [1.807, 2.05) is 17.5 Å². The second-order valence-electron chi connectivity index (χ2n) is 6.90. The third-order valence-corrected chi connectivity index (χ3v) is 5.56. The molecule has 0 bridgehead atoms. The molecule has 0 aliphatic carbocycles. The summed E-state index contributed by atoms with van der Waals surface area (Å²) < 4.78 is 12.8. The van der Waals surface area contributed by atoms with Crippen molar-refractivity contribution in [2.75, 3.05) is 19.0 Å². The number of carbonyl (C=O) groups is 1. The van der Waals surface area contributed by atoms with Crippen molar-refractivity contribution >= 4 is 28.5 Å². The first-order valence-corrected chi connectivity index (χ1v) is 10.7. The number of allylic oxidation sites excluding steroid dienone is 1. The van der Waals surface area contributed by atoms with Crippen molar-refractivity contribution in [2.45, 2.75) is 20.4 Å². The number of carbonyl (C=O) groups excluding carboxylic acids is 1. The molecule has 8 heteroatoms. The topological polar surface area (TPSA) is 89.2 Å².